The zero-order valence-electron chi connectivity index (χ0n) is 14.6. The van der Waals surface area contributed by atoms with Crippen molar-refractivity contribution in [3.63, 3.8) is 0 Å². The molecule has 1 aliphatic heterocycles. The Kier molecular flexibility index (Phi) is 4.75. The highest BCUT2D eigenvalue weighted by molar-refractivity contribution is 6.46. The molecule has 2 aromatic heterocycles. The zero-order valence-corrected chi connectivity index (χ0v) is 16.1. The van der Waals surface area contributed by atoms with Crippen molar-refractivity contribution in [2.45, 2.75) is 13.0 Å². The standard InChI is InChI=1S/C18H18Cl2N4O3/c1-23-3-4-24-16-14(12(27-6-2-5-25)7-11(19)15(16)20)13(17(24)18(23)26)10-8-21-22-9-10/h7-9,25H,2-6H2,1H3,(H,21,22). The van der Waals surface area contributed by atoms with E-state index in [2.05, 4.69) is 10.2 Å². The molecule has 0 spiro atoms. The van der Waals surface area contributed by atoms with E-state index in [-0.39, 0.29) is 12.5 Å². The molecule has 0 saturated heterocycles. The Morgan fingerprint density at radius 1 is 1.37 bits per heavy atom. The van der Waals surface area contributed by atoms with Crippen molar-refractivity contribution in [2.75, 3.05) is 26.8 Å². The van der Waals surface area contributed by atoms with Crippen molar-refractivity contribution < 1.29 is 14.6 Å². The molecule has 1 amide bonds. The van der Waals surface area contributed by atoms with Gasteiger partial charge in [-0.3, -0.25) is 9.89 Å². The molecule has 0 radical (unpaired) electrons. The first-order valence-corrected chi connectivity index (χ1v) is 9.32. The second-order valence-corrected chi connectivity index (χ2v) is 7.19. The number of amides is 1. The van der Waals surface area contributed by atoms with E-state index in [1.807, 2.05) is 4.57 Å². The number of hydrogen-bond acceptors (Lipinski definition) is 4. The van der Waals surface area contributed by atoms with E-state index in [0.29, 0.717) is 58.7 Å². The molecule has 0 atom stereocenters. The van der Waals surface area contributed by atoms with Gasteiger partial charge < -0.3 is 19.3 Å². The predicted octanol–water partition coefficient (Wildman–Crippen LogP) is 3.19. The van der Waals surface area contributed by atoms with Gasteiger partial charge in [-0.2, -0.15) is 5.10 Å². The lowest BCUT2D eigenvalue weighted by Crippen LogP contribution is -2.37. The molecule has 142 valence electrons. The maximum Gasteiger partial charge on any atom is 0.270 e. The summed E-state index contributed by atoms with van der Waals surface area (Å²) in [6.07, 6.45) is 3.88. The Morgan fingerprint density at radius 3 is 2.89 bits per heavy atom. The van der Waals surface area contributed by atoms with Crippen LogP contribution in [0.25, 0.3) is 22.0 Å². The molecule has 0 fully saturated rings. The number of carbonyl (C=O) groups is 1. The Hall–Kier alpha value is -2.22. The molecule has 1 aromatic carbocycles. The number of ether oxygens (including phenoxy) is 1. The number of hydrogen-bond donors (Lipinski definition) is 2. The highest BCUT2D eigenvalue weighted by atomic mass is 35.5. The number of rotatable bonds is 5. The fourth-order valence-electron chi connectivity index (χ4n) is 3.46. The minimum atomic E-state index is -0.0952. The van der Waals surface area contributed by atoms with Crippen LogP contribution in [0.1, 0.15) is 16.9 Å². The smallest absolute Gasteiger partial charge is 0.270 e. The number of aromatic nitrogens is 3. The van der Waals surface area contributed by atoms with Crippen molar-refractivity contribution in [3.8, 4) is 16.9 Å². The van der Waals surface area contributed by atoms with Gasteiger partial charge in [0.1, 0.15) is 11.4 Å². The molecule has 0 saturated carbocycles. The Labute approximate surface area is 165 Å². The van der Waals surface area contributed by atoms with Crippen molar-refractivity contribution in [1.29, 1.82) is 0 Å². The lowest BCUT2D eigenvalue weighted by atomic mass is 10.0. The molecular weight excluding hydrogens is 391 g/mol. The van der Waals surface area contributed by atoms with E-state index in [0.717, 1.165) is 10.9 Å². The van der Waals surface area contributed by atoms with Crippen LogP contribution in [0.4, 0.5) is 0 Å². The number of aromatic amines is 1. The number of nitrogens with zero attached hydrogens (tertiary/aromatic N) is 3. The lowest BCUT2D eigenvalue weighted by molar-refractivity contribution is 0.0752. The number of benzene rings is 1. The van der Waals surface area contributed by atoms with E-state index in [4.69, 9.17) is 33.0 Å². The molecule has 3 aromatic rings. The van der Waals surface area contributed by atoms with Gasteiger partial charge in [0.15, 0.2) is 0 Å². The van der Waals surface area contributed by atoms with Gasteiger partial charge in [0.25, 0.3) is 5.91 Å². The highest BCUT2D eigenvalue weighted by Gasteiger charge is 2.33. The third kappa shape index (κ3) is 2.86. The Bertz CT molecular complexity index is 1010. The number of carbonyl (C=O) groups excluding carboxylic acids is 1. The largest absolute Gasteiger partial charge is 0.493 e. The summed E-state index contributed by atoms with van der Waals surface area (Å²) in [5.41, 5.74) is 2.70. The minimum Gasteiger partial charge on any atom is -0.493 e. The normalized spacial score (nSPS) is 14.1. The summed E-state index contributed by atoms with van der Waals surface area (Å²) in [6, 6.07) is 1.66. The second-order valence-electron chi connectivity index (χ2n) is 6.41. The monoisotopic (exact) mass is 408 g/mol. The van der Waals surface area contributed by atoms with Crippen molar-refractivity contribution in [3.05, 3.63) is 34.2 Å². The molecule has 0 unspecified atom stereocenters. The maximum atomic E-state index is 13.0. The topological polar surface area (TPSA) is 83.4 Å². The van der Waals surface area contributed by atoms with Crippen LogP contribution in [0.2, 0.25) is 10.0 Å². The average molecular weight is 409 g/mol. The van der Waals surface area contributed by atoms with E-state index < -0.39 is 0 Å². The molecular formula is C18H18Cl2N4O3. The fraction of sp³-hybridized carbons (Fsp3) is 0.333. The summed E-state index contributed by atoms with van der Waals surface area (Å²) < 4.78 is 7.81. The molecule has 0 aliphatic carbocycles. The molecule has 1 aliphatic rings. The quantitative estimate of drug-likeness (QED) is 0.634. The van der Waals surface area contributed by atoms with Gasteiger partial charge in [-0.25, -0.2) is 0 Å². The number of nitrogens with one attached hydrogen (secondary N) is 1. The van der Waals surface area contributed by atoms with Crippen LogP contribution in [0, 0.1) is 0 Å². The van der Waals surface area contributed by atoms with Gasteiger partial charge in [-0.15, -0.1) is 0 Å². The van der Waals surface area contributed by atoms with Gasteiger partial charge in [-0.1, -0.05) is 23.2 Å². The van der Waals surface area contributed by atoms with Crippen molar-refractivity contribution >= 4 is 40.0 Å². The first-order chi connectivity index (χ1) is 13.0. The highest BCUT2D eigenvalue weighted by Crippen LogP contribution is 2.46. The van der Waals surface area contributed by atoms with Crippen molar-refractivity contribution in [1.82, 2.24) is 19.7 Å². The molecule has 7 nitrogen and oxygen atoms in total. The lowest BCUT2D eigenvalue weighted by Gasteiger charge is -2.25. The number of likely N-dealkylation sites (N-methyl/N-ethyl adjacent to an activating group) is 1. The van der Waals surface area contributed by atoms with Crippen LogP contribution in [-0.2, 0) is 6.54 Å². The number of fused-ring (bicyclic) bond motifs is 3. The minimum absolute atomic E-state index is 0.0224. The molecule has 27 heavy (non-hydrogen) atoms. The van der Waals surface area contributed by atoms with E-state index in [1.165, 1.54) is 0 Å². The Morgan fingerprint density at radius 2 is 2.19 bits per heavy atom. The van der Waals surface area contributed by atoms with Gasteiger partial charge in [0, 0.05) is 56.6 Å². The number of H-pyrrole nitrogens is 1. The van der Waals surface area contributed by atoms with E-state index in [9.17, 15) is 4.79 Å². The van der Waals surface area contributed by atoms with Gasteiger partial charge in [0.2, 0.25) is 0 Å². The SMILES string of the molecule is CN1CCn2c(c(-c3cn[nH]c3)c3c(OCCCO)cc(Cl)c(Cl)c32)C1=O. The molecule has 3 heterocycles. The molecule has 2 N–H and O–H groups in total. The first-order valence-electron chi connectivity index (χ1n) is 8.57. The van der Waals surface area contributed by atoms with Gasteiger partial charge in [-0.05, 0) is 0 Å². The zero-order chi connectivity index (χ0) is 19.1. The van der Waals surface area contributed by atoms with E-state index in [1.54, 1.807) is 30.4 Å². The molecule has 0 bridgehead atoms. The van der Waals surface area contributed by atoms with E-state index >= 15 is 0 Å². The summed E-state index contributed by atoms with van der Waals surface area (Å²) in [5, 5.41) is 17.4. The molecule has 4 rings (SSSR count). The fourth-order valence-corrected chi connectivity index (χ4v) is 3.90. The number of aliphatic hydroxyl groups excluding tert-OH is 1. The summed E-state index contributed by atoms with van der Waals surface area (Å²) in [5.74, 6) is 0.434. The summed E-state index contributed by atoms with van der Waals surface area (Å²) in [4.78, 5) is 14.7. The van der Waals surface area contributed by atoms with Crippen molar-refractivity contribution in [2.24, 2.45) is 0 Å². The summed E-state index contributed by atoms with van der Waals surface area (Å²) in [6.45, 7) is 1.52. The average Bonchev–Trinajstić information content (AvgIpc) is 3.28. The molecule has 9 heteroatoms. The van der Waals surface area contributed by atoms with Crippen LogP contribution in [0.5, 0.6) is 5.75 Å². The van der Waals surface area contributed by atoms with Crippen LogP contribution in [0.15, 0.2) is 18.5 Å². The van der Waals surface area contributed by atoms with Gasteiger partial charge in [0.05, 0.1) is 33.8 Å². The summed E-state index contributed by atoms with van der Waals surface area (Å²) >= 11 is 12.9. The maximum absolute atomic E-state index is 13.0. The first kappa shape index (κ1) is 18.2. The van der Waals surface area contributed by atoms with Gasteiger partial charge >= 0.3 is 0 Å². The third-order valence-corrected chi connectivity index (χ3v) is 5.52. The third-order valence-electron chi connectivity index (χ3n) is 4.74. The van der Waals surface area contributed by atoms with Crippen LogP contribution in [-0.4, -0.2) is 57.5 Å². The Balaban J connectivity index is 2.08. The summed E-state index contributed by atoms with van der Waals surface area (Å²) in [7, 11) is 1.77. The predicted molar refractivity (Wildman–Crippen MR) is 104 cm³/mol. The number of aliphatic hydroxyl groups is 1. The van der Waals surface area contributed by atoms with Crippen LogP contribution >= 0.6 is 23.2 Å². The number of halogens is 2. The van der Waals surface area contributed by atoms with Crippen LogP contribution in [0.3, 0.4) is 0 Å². The van der Waals surface area contributed by atoms with Crippen LogP contribution < -0.4 is 4.74 Å². The second kappa shape index (κ2) is 7.07.